The van der Waals surface area contributed by atoms with Gasteiger partial charge in [0, 0.05) is 25.2 Å². The monoisotopic (exact) mass is 266 g/mol. The number of benzene rings is 1. The Bertz CT molecular complexity index is 431. The van der Waals surface area contributed by atoms with E-state index >= 15 is 0 Å². The van der Waals surface area contributed by atoms with Crippen LogP contribution in [0.1, 0.15) is 12.0 Å². The Hall–Kier alpha value is -0.945. The molecule has 0 unspecified atom stereocenters. The van der Waals surface area contributed by atoms with Crippen LogP contribution in [0.5, 0.6) is 0 Å². The number of nitrogens with zero attached hydrogens (tertiary/aromatic N) is 2. The van der Waals surface area contributed by atoms with Crippen LogP contribution in [-0.4, -0.2) is 60.2 Å². The third-order valence-corrected chi connectivity index (χ3v) is 3.58. The Balaban J connectivity index is 2.02. The Morgan fingerprint density at radius 3 is 2.68 bits per heavy atom. The zero-order valence-electron chi connectivity index (χ0n) is 11.2. The maximum absolute atomic E-state index is 13.9. The minimum Gasteiger partial charge on any atom is -0.423 e. The van der Waals surface area contributed by atoms with E-state index in [1.807, 2.05) is 0 Å². The predicted octanol–water partition coefficient (Wildman–Crippen LogP) is -0.357. The van der Waals surface area contributed by atoms with E-state index < -0.39 is 7.12 Å². The summed E-state index contributed by atoms with van der Waals surface area (Å²) < 4.78 is 13.9. The average molecular weight is 266 g/mol. The van der Waals surface area contributed by atoms with Gasteiger partial charge in [0.2, 0.25) is 0 Å². The summed E-state index contributed by atoms with van der Waals surface area (Å²) in [5.41, 5.74) is 0.797. The van der Waals surface area contributed by atoms with Crippen LogP contribution < -0.4 is 5.46 Å². The van der Waals surface area contributed by atoms with Gasteiger partial charge in [0.15, 0.2) is 0 Å². The standard InChI is InChI=1S/C13H20BFN2O2/c1-16-5-2-6-17(8-7-16)10-11-3-4-12(14(18)19)9-13(11)15/h3-4,9,18-19H,2,5-8,10H2,1H3. The summed E-state index contributed by atoms with van der Waals surface area (Å²) >= 11 is 0. The van der Waals surface area contributed by atoms with Gasteiger partial charge in [0.1, 0.15) is 5.82 Å². The third kappa shape index (κ3) is 4.01. The molecule has 1 aliphatic rings. The lowest BCUT2D eigenvalue weighted by Gasteiger charge is -2.20. The van der Waals surface area contributed by atoms with Gasteiger partial charge in [-0.05, 0) is 38.1 Å². The molecule has 19 heavy (non-hydrogen) atoms. The molecule has 0 amide bonds. The molecule has 0 aliphatic carbocycles. The molecule has 2 rings (SSSR count). The van der Waals surface area contributed by atoms with Gasteiger partial charge in [0.25, 0.3) is 0 Å². The van der Waals surface area contributed by atoms with Crippen LogP contribution in [-0.2, 0) is 6.54 Å². The number of hydrogen-bond acceptors (Lipinski definition) is 4. The molecular formula is C13H20BFN2O2. The highest BCUT2D eigenvalue weighted by Gasteiger charge is 2.16. The van der Waals surface area contributed by atoms with Crippen molar-refractivity contribution in [1.29, 1.82) is 0 Å². The molecular weight excluding hydrogens is 246 g/mol. The highest BCUT2D eigenvalue weighted by molar-refractivity contribution is 6.58. The summed E-state index contributed by atoms with van der Waals surface area (Å²) in [6, 6.07) is 4.40. The van der Waals surface area contributed by atoms with Crippen molar-refractivity contribution in [2.24, 2.45) is 0 Å². The molecule has 4 nitrogen and oxygen atoms in total. The van der Waals surface area contributed by atoms with Crippen molar-refractivity contribution < 1.29 is 14.4 Å². The van der Waals surface area contributed by atoms with Gasteiger partial charge in [-0.15, -0.1) is 0 Å². The first-order valence-electron chi connectivity index (χ1n) is 6.61. The lowest BCUT2D eigenvalue weighted by molar-refractivity contribution is 0.266. The SMILES string of the molecule is CN1CCCN(Cc2ccc(B(O)O)cc2F)CC1. The molecule has 104 valence electrons. The molecule has 1 aliphatic heterocycles. The molecule has 1 heterocycles. The van der Waals surface area contributed by atoms with Crippen molar-refractivity contribution >= 4 is 12.6 Å². The van der Waals surface area contributed by atoms with Crippen LogP contribution in [0, 0.1) is 5.82 Å². The van der Waals surface area contributed by atoms with Crippen LogP contribution in [0.2, 0.25) is 0 Å². The first-order chi connectivity index (χ1) is 9.06. The Morgan fingerprint density at radius 1 is 1.21 bits per heavy atom. The summed E-state index contributed by atoms with van der Waals surface area (Å²) in [5.74, 6) is -0.372. The average Bonchev–Trinajstić information content (AvgIpc) is 2.57. The lowest BCUT2D eigenvalue weighted by Crippen LogP contribution is -2.31. The van der Waals surface area contributed by atoms with E-state index in [1.54, 1.807) is 12.1 Å². The maximum Gasteiger partial charge on any atom is 0.488 e. The normalized spacial score (nSPS) is 18.3. The highest BCUT2D eigenvalue weighted by atomic mass is 19.1. The second kappa shape index (κ2) is 6.48. The summed E-state index contributed by atoms with van der Waals surface area (Å²) in [6.07, 6.45) is 1.09. The summed E-state index contributed by atoms with van der Waals surface area (Å²) in [4.78, 5) is 4.51. The Labute approximate surface area is 113 Å². The van der Waals surface area contributed by atoms with Crippen LogP contribution in [0.3, 0.4) is 0 Å². The van der Waals surface area contributed by atoms with Gasteiger partial charge in [-0.1, -0.05) is 12.1 Å². The molecule has 0 saturated carbocycles. The quantitative estimate of drug-likeness (QED) is 0.734. The molecule has 2 N–H and O–H groups in total. The predicted molar refractivity (Wildman–Crippen MR) is 73.6 cm³/mol. The van der Waals surface area contributed by atoms with Crippen LogP contribution in [0.15, 0.2) is 18.2 Å². The number of hydrogen-bond donors (Lipinski definition) is 2. The van der Waals surface area contributed by atoms with E-state index in [0.717, 1.165) is 32.6 Å². The molecule has 1 aromatic rings. The largest absolute Gasteiger partial charge is 0.488 e. The minimum atomic E-state index is -1.62. The fourth-order valence-electron chi connectivity index (χ4n) is 2.35. The number of halogens is 1. The second-order valence-electron chi connectivity index (χ2n) is 5.16. The van der Waals surface area contributed by atoms with Gasteiger partial charge < -0.3 is 14.9 Å². The van der Waals surface area contributed by atoms with E-state index in [9.17, 15) is 4.39 Å². The maximum atomic E-state index is 13.9. The number of likely N-dealkylation sites (N-methyl/N-ethyl adjacent to an activating group) is 1. The van der Waals surface area contributed by atoms with Crippen LogP contribution >= 0.6 is 0 Å². The molecule has 1 aromatic carbocycles. The van der Waals surface area contributed by atoms with Crippen LogP contribution in [0.4, 0.5) is 4.39 Å². The Kier molecular flexibility index (Phi) is 4.93. The fourth-order valence-corrected chi connectivity index (χ4v) is 2.35. The number of rotatable bonds is 3. The summed E-state index contributed by atoms with van der Waals surface area (Å²) in [5, 5.41) is 18.0. The summed E-state index contributed by atoms with van der Waals surface area (Å²) in [6.45, 7) is 4.54. The lowest BCUT2D eigenvalue weighted by atomic mass is 9.80. The van der Waals surface area contributed by atoms with Gasteiger partial charge in [-0.3, -0.25) is 4.90 Å². The van der Waals surface area contributed by atoms with Crippen LogP contribution in [0.25, 0.3) is 0 Å². The van der Waals surface area contributed by atoms with Crippen molar-refractivity contribution in [1.82, 2.24) is 9.80 Å². The van der Waals surface area contributed by atoms with E-state index in [2.05, 4.69) is 16.8 Å². The van der Waals surface area contributed by atoms with E-state index in [0.29, 0.717) is 12.1 Å². The molecule has 1 fully saturated rings. The third-order valence-electron chi connectivity index (χ3n) is 3.58. The smallest absolute Gasteiger partial charge is 0.423 e. The fraction of sp³-hybridized carbons (Fsp3) is 0.538. The van der Waals surface area contributed by atoms with E-state index in [-0.39, 0.29) is 11.3 Å². The Morgan fingerprint density at radius 2 is 2.00 bits per heavy atom. The molecule has 0 radical (unpaired) electrons. The zero-order chi connectivity index (χ0) is 13.8. The van der Waals surface area contributed by atoms with Crippen molar-refractivity contribution in [2.75, 3.05) is 33.2 Å². The van der Waals surface area contributed by atoms with E-state index in [4.69, 9.17) is 10.0 Å². The summed E-state index contributed by atoms with van der Waals surface area (Å²) in [7, 11) is 0.483. The molecule has 0 spiro atoms. The first-order valence-corrected chi connectivity index (χ1v) is 6.61. The molecule has 0 aromatic heterocycles. The second-order valence-corrected chi connectivity index (χ2v) is 5.16. The van der Waals surface area contributed by atoms with E-state index in [1.165, 1.54) is 6.07 Å². The molecule has 6 heteroatoms. The minimum absolute atomic E-state index is 0.192. The highest BCUT2D eigenvalue weighted by Crippen LogP contribution is 2.11. The van der Waals surface area contributed by atoms with Crippen molar-refractivity contribution in [3.8, 4) is 0 Å². The molecule has 0 atom stereocenters. The molecule has 0 bridgehead atoms. The zero-order valence-corrected chi connectivity index (χ0v) is 11.2. The van der Waals surface area contributed by atoms with Crippen molar-refractivity contribution in [3.63, 3.8) is 0 Å². The van der Waals surface area contributed by atoms with Gasteiger partial charge in [0.05, 0.1) is 0 Å². The van der Waals surface area contributed by atoms with Gasteiger partial charge in [-0.25, -0.2) is 4.39 Å². The van der Waals surface area contributed by atoms with Gasteiger partial charge >= 0.3 is 7.12 Å². The first kappa shape index (κ1) is 14.5. The topological polar surface area (TPSA) is 46.9 Å². The van der Waals surface area contributed by atoms with Gasteiger partial charge in [-0.2, -0.15) is 0 Å². The van der Waals surface area contributed by atoms with Crippen molar-refractivity contribution in [2.45, 2.75) is 13.0 Å². The molecule has 1 saturated heterocycles. The van der Waals surface area contributed by atoms with Crippen molar-refractivity contribution in [3.05, 3.63) is 29.6 Å².